The summed E-state index contributed by atoms with van der Waals surface area (Å²) in [5, 5.41) is 13.7. The van der Waals surface area contributed by atoms with Crippen LogP contribution < -0.4 is 5.32 Å². The van der Waals surface area contributed by atoms with Crippen LogP contribution in [0.25, 0.3) is 0 Å². The molecule has 156 valence electrons. The maximum atomic E-state index is 13.3. The molecular weight excluding hydrogens is 362 g/mol. The molecule has 0 aliphatic carbocycles. The summed E-state index contributed by atoms with van der Waals surface area (Å²) < 4.78 is 0. The van der Waals surface area contributed by atoms with Crippen molar-refractivity contribution in [3.8, 4) is 5.75 Å². The Hall–Kier alpha value is -2.37. The molecule has 5 nitrogen and oxygen atoms in total. The van der Waals surface area contributed by atoms with Crippen LogP contribution in [0.15, 0.2) is 48.5 Å². The van der Waals surface area contributed by atoms with Gasteiger partial charge in [-0.25, -0.2) is 0 Å². The van der Waals surface area contributed by atoms with Gasteiger partial charge in [-0.1, -0.05) is 30.3 Å². The van der Waals surface area contributed by atoms with E-state index in [2.05, 4.69) is 30.1 Å². The summed E-state index contributed by atoms with van der Waals surface area (Å²) in [7, 11) is 0. The molecule has 1 aliphatic heterocycles. The second-order valence-electron chi connectivity index (χ2n) is 7.92. The highest BCUT2D eigenvalue weighted by Gasteiger charge is 2.33. The Kier molecular flexibility index (Phi) is 6.93. The number of nitrogens with zero attached hydrogens (tertiary/aromatic N) is 2. The van der Waals surface area contributed by atoms with Crippen LogP contribution in [0.5, 0.6) is 5.75 Å². The molecule has 0 aromatic heterocycles. The van der Waals surface area contributed by atoms with Crippen molar-refractivity contribution in [3.05, 3.63) is 65.2 Å². The Morgan fingerprint density at radius 3 is 2.59 bits per heavy atom. The number of phenols is 1. The first-order valence-corrected chi connectivity index (χ1v) is 10.6. The lowest BCUT2D eigenvalue weighted by molar-refractivity contribution is 0.0764. The highest BCUT2D eigenvalue weighted by Crippen LogP contribution is 2.35. The largest absolute Gasteiger partial charge is 0.508 e. The van der Waals surface area contributed by atoms with Crippen LogP contribution in [0, 0.1) is 0 Å². The number of nitrogens with one attached hydrogen (secondary N) is 1. The molecule has 0 radical (unpaired) electrons. The number of benzene rings is 2. The van der Waals surface area contributed by atoms with Crippen molar-refractivity contribution in [2.45, 2.75) is 45.8 Å². The Balaban J connectivity index is 2.14. The zero-order chi connectivity index (χ0) is 21.0. The molecule has 5 heteroatoms. The van der Waals surface area contributed by atoms with E-state index in [-0.39, 0.29) is 17.7 Å². The number of hydrogen-bond donors (Lipinski definition) is 2. The van der Waals surface area contributed by atoms with Gasteiger partial charge in [0.05, 0.1) is 6.04 Å². The van der Waals surface area contributed by atoms with Crippen LogP contribution >= 0.6 is 0 Å². The second kappa shape index (κ2) is 9.42. The van der Waals surface area contributed by atoms with E-state index in [1.165, 1.54) is 0 Å². The Bertz CT molecular complexity index is 834. The van der Waals surface area contributed by atoms with Crippen molar-refractivity contribution in [2.75, 3.05) is 26.2 Å². The Labute approximate surface area is 174 Å². The molecule has 29 heavy (non-hydrogen) atoms. The van der Waals surface area contributed by atoms with Gasteiger partial charge in [-0.2, -0.15) is 0 Å². The normalized spacial score (nSPS) is 21.0. The topological polar surface area (TPSA) is 55.8 Å². The molecule has 3 atom stereocenters. The smallest absolute Gasteiger partial charge is 0.254 e. The molecule has 2 aromatic carbocycles. The molecule has 1 saturated heterocycles. The SMILES string of the molecule is CCN(CC)C(=O)c1ccccc1[C@@H](c1cccc(O)c1)N1C[C@H](C)NC[C@@H]1C. The average Bonchev–Trinajstić information content (AvgIpc) is 2.72. The van der Waals surface area contributed by atoms with E-state index in [4.69, 9.17) is 0 Å². The zero-order valence-corrected chi connectivity index (χ0v) is 17.9. The van der Waals surface area contributed by atoms with Gasteiger partial charge >= 0.3 is 0 Å². The van der Waals surface area contributed by atoms with Gasteiger partial charge in [-0.05, 0) is 57.0 Å². The number of phenolic OH excluding ortho intramolecular Hbond substituents is 1. The monoisotopic (exact) mass is 395 g/mol. The summed E-state index contributed by atoms with van der Waals surface area (Å²) in [5.41, 5.74) is 2.74. The minimum Gasteiger partial charge on any atom is -0.508 e. The molecule has 1 aliphatic rings. The lowest BCUT2D eigenvalue weighted by Crippen LogP contribution is -2.55. The van der Waals surface area contributed by atoms with Crippen LogP contribution in [0.3, 0.4) is 0 Å². The number of aromatic hydroxyl groups is 1. The minimum atomic E-state index is -0.0997. The van der Waals surface area contributed by atoms with Crippen molar-refractivity contribution in [1.82, 2.24) is 15.1 Å². The Morgan fingerprint density at radius 1 is 1.17 bits per heavy atom. The van der Waals surface area contributed by atoms with Crippen LogP contribution in [-0.4, -0.2) is 59.1 Å². The van der Waals surface area contributed by atoms with Crippen LogP contribution in [0.4, 0.5) is 0 Å². The zero-order valence-electron chi connectivity index (χ0n) is 17.9. The second-order valence-corrected chi connectivity index (χ2v) is 7.92. The van der Waals surface area contributed by atoms with Crippen molar-refractivity contribution >= 4 is 5.91 Å². The quantitative estimate of drug-likeness (QED) is 0.784. The van der Waals surface area contributed by atoms with Crippen molar-refractivity contribution < 1.29 is 9.90 Å². The third kappa shape index (κ3) is 4.62. The van der Waals surface area contributed by atoms with Crippen molar-refractivity contribution in [3.63, 3.8) is 0 Å². The van der Waals surface area contributed by atoms with Crippen LogP contribution in [0.1, 0.15) is 55.2 Å². The van der Waals surface area contributed by atoms with Gasteiger partial charge in [0.15, 0.2) is 0 Å². The fraction of sp³-hybridized carbons (Fsp3) is 0.458. The molecule has 0 bridgehead atoms. The predicted octanol–water partition coefficient (Wildman–Crippen LogP) is 3.65. The number of amides is 1. The highest BCUT2D eigenvalue weighted by molar-refractivity contribution is 5.96. The molecule has 0 saturated carbocycles. The lowest BCUT2D eigenvalue weighted by Gasteiger charge is -2.43. The molecule has 2 aromatic rings. The van der Waals surface area contributed by atoms with E-state index in [0.29, 0.717) is 25.2 Å². The van der Waals surface area contributed by atoms with Gasteiger partial charge in [-0.3, -0.25) is 9.69 Å². The van der Waals surface area contributed by atoms with Crippen LogP contribution in [0.2, 0.25) is 0 Å². The summed E-state index contributed by atoms with van der Waals surface area (Å²) in [6.07, 6.45) is 0. The summed E-state index contributed by atoms with van der Waals surface area (Å²) in [4.78, 5) is 17.6. The van der Waals surface area contributed by atoms with E-state index in [0.717, 1.165) is 29.8 Å². The van der Waals surface area contributed by atoms with Gasteiger partial charge in [0, 0.05) is 43.8 Å². The standard InChI is InChI=1S/C24H33N3O2/c1-5-26(6-2)24(29)22-13-8-7-12-21(22)23(19-10-9-11-20(28)14-19)27-16-17(3)25-15-18(27)4/h7-14,17-18,23,25,28H,5-6,15-16H2,1-4H3/t17-,18-,23+/m0/s1. The number of piperazine rings is 1. The highest BCUT2D eigenvalue weighted by atomic mass is 16.3. The maximum absolute atomic E-state index is 13.3. The molecule has 3 rings (SSSR count). The fourth-order valence-corrected chi connectivity index (χ4v) is 4.27. The number of rotatable bonds is 6. The summed E-state index contributed by atoms with van der Waals surface area (Å²) in [6.45, 7) is 11.5. The molecule has 1 fully saturated rings. The van der Waals surface area contributed by atoms with Crippen molar-refractivity contribution in [1.29, 1.82) is 0 Å². The molecule has 1 amide bonds. The van der Waals surface area contributed by atoms with Gasteiger partial charge in [-0.15, -0.1) is 0 Å². The Morgan fingerprint density at radius 2 is 1.90 bits per heavy atom. The summed E-state index contributed by atoms with van der Waals surface area (Å²) >= 11 is 0. The third-order valence-corrected chi connectivity index (χ3v) is 5.87. The summed E-state index contributed by atoms with van der Waals surface area (Å²) in [6, 6.07) is 15.9. The van der Waals surface area contributed by atoms with E-state index >= 15 is 0 Å². The van der Waals surface area contributed by atoms with Gasteiger partial charge in [0.25, 0.3) is 5.91 Å². The van der Waals surface area contributed by atoms with E-state index in [1.54, 1.807) is 6.07 Å². The predicted molar refractivity (Wildman–Crippen MR) is 117 cm³/mol. The number of carbonyl (C=O) groups is 1. The van der Waals surface area contributed by atoms with Crippen molar-refractivity contribution in [2.24, 2.45) is 0 Å². The number of carbonyl (C=O) groups excluding carboxylic acids is 1. The first kappa shape index (κ1) is 21.3. The maximum Gasteiger partial charge on any atom is 0.254 e. The van der Waals surface area contributed by atoms with Crippen LogP contribution in [-0.2, 0) is 0 Å². The first-order valence-electron chi connectivity index (χ1n) is 10.6. The molecule has 0 spiro atoms. The average molecular weight is 396 g/mol. The van der Waals surface area contributed by atoms with E-state index < -0.39 is 0 Å². The van der Waals surface area contributed by atoms with Gasteiger partial charge < -0.3 is 15.3 Å². The summed E-state index contributed by atoms with van der Waals surface area (Å²) in [5.74, 6) is 0.308. The molecule has 1 heterocycles. The number of hydrogen-bond acceptors (Lipinski definition) is 4. The first-order chi connectivity index (χ1) is 14.0. The van der Waals surface area contributed by atoms with E-state index in [9.17, 15) is 9.90 Å². The third-order valence-electron chi connectivity index (χ3n) is 5.87. The molecule has 2 N–H and O–H groups in total. The van der Waals surface area contributed by atoms with E-state index in [1.807, 2.05) is 55.1 Å². The minimum absolute atomic E-state index is 0.0617. The fourth-order valence-electron chi connectivity index (χ4n) is 4.27. The van der Waals surface area contributed by atoms with Gasteiger partial charge in [0.1, 0.15) is 5.75 Å². The molecule has 0 unspecified atom stereocenters. The van der Waals surface area contributed by atoms with Gasteiger partial charge in [0.2, 0.25) is 0 Å². The lowest BCUT2D eigenvalue weighted by atomic mass is 9.90. The molecular formula is C24H33N3O2.